The van der Waals surface area contributed by atoms with Crippen LogP contribution in [0, 0.1) is 0 Å². The van der Waals surface area contributed by atoms with E-state index in [1.807, 2.05) is 29.5 Å². The van der Waals surface area contributed by atoms with Crippen LogP contribution in [0.5, 0.6) is 0 Å². The number of aromatic nitrogens is 2. The van der Waals surface area contributed by atoms with Gasteiger partial charge < -0.3 is 10.2 Å². The lowest BCUT2D eigenvalue weighted by Crippen LogP contribution is -2.49. The molecule has 0 radical (unpaired) electrons. The Hall–Kier alpha value is -1.21. The highest BCUT2D eigenvalue weighted by Crippen LogP contribution is 2.29. The normalized spacial score (nSPS) is 23.7. The van der Waals surface area contributed by atoms with Gasteiger partial charge in [-0.15, -0.1) is 36.2 Å². The second kappa shape index (κ2) is 9.13. The van der Waals surface area contributed by atoms with E-state index in [-0.39, 0.29) is 30.7 Å². The summed E-state index contributed by atoms with van der Waals surface area (Å²) in [5.41, 5.74) is 1.86. The highest BCUT2D eigenvalue weighted by molar-refractivity contribution is 7.13. The van der Waals surface area contributed by atoms with E-state index in [0.717, 1.165) is 29.1 Å². The van der Waals surface area contributed by atoms with Crippen molar-refractivity contribution in [1.29, 1.82) is 0 Å². The maximum atomic E-state index is 12.6. The second-order valence-corrected chi connectivity index (χ2v) is 7.69. The molecule has 2 bridgehead atoms. The van der Waals surface area contributed by atoms with Gasteiger partial charge in [-0.25, -0.2) is 4.98 Å². The first kappa shape index (κ1) is 21.1. The van der Waals surface area contributed by atoms with Crippen molar-refractivity contribution < 1.29 is 4.79 Å². The molecular weight excluding hydrogens is 391 g/mol. The van der Waals surface area contributed by atoms with Gasteiger partial charge in [0, 0.05) is 48.5 Å². The van der Waals surface area contributed by atoms with Crippen molar-refractivity contribution >= 4 is 42.1 Å². The molecule has 142 valence electrons. The molecule has 2 unspecified atom stereocenters. The van der Waals surface area contributed by atoms with Crippen molar-refractivity contribution in [1.82, 2.24) is 20.2 Å². The monoisotopic (exact) mass is 414 g/mol. The molecule has 2 atom stereocenters. The lowest BCUT2D eigenvalue weighted by molar-refractivity contribution is -0.132. The molecule has 2 aromatic rings. The van der Waals surface area contributed by atoms with Gasteiger partial charge in [-0.05, 0) is 37.8 Å². The van der Waals surface area contributed by atoms with E-state index in [1.165, 1.54) is 12.8 Å². The van der Waals surface area contributed by atoms with Crippen LogP contribution in [0.1, 0.15) is 31.4 Å². The van der Waals surface area contributed by atoms with Gasteiger partial charge in [0.25, 0.3) is 0 Å². The van der Waals surface area contributed by atoms with Gasteiger partial charge >= 0.3 is 0 Å². The minimum absolute atomic E-state index is 0. The number of amides is 1. The van der Waals surface area contributed by atoms with E-state index in [2.05, 4.69) is 15.3 Å². The maximum absolute atomic E-state index is 12.6. The fourth-order valence-electron chi connectivity index (χ4n) is 3.84. The Morgan fingerprint density at radius 2 is 2.04 bits per heavy atom. The summed E-state index contributed by atoms with van der Waals surface area (Å²) in [6, 6.07) is 5.46. The summed E-state index contributed by atoms with van der Waals surface area (Å²) in [5, 5.41) is 6.54. The maximum Gasteiger partial charge on any atom is 0.228 e. The molecule has 5 nitrogen and oxygen atoms in total. The fourth-order valence-corrected chi connectivity index (χ4v) is 4.65. The summed E-state index contributed by atoms with van der Waals surface area (Å²) in [6.45, 7) is 0. The molecular formula is C18H24Cl2N4OS. The van der Waals surface area contributed by atoms with E-state index in [4.69, 9.17) is 0 Å². The van der Waals surface area contributed by atoms with Crippen LogP contribution in [0.15, 0.2) is 29.9 Å². The van der Waals surface area contributed by atoms with E-state index in [1.54, 1.807) is 23.7 Å². The van der Waals surface area contributed by atoms with Gasteiger partial charge in [0.05, 0.1) is 12.1 Å². The molecule has 1 amide bonds. The molecule has 2 aromatic heterocycles. The Kier molecular flexibility index (Phi) is 7.41. The molecule has 0 saturated carbocycles. The van der Waals surface area contributed by atoms with E-state index in [9.17, 15) is 4.79 Å². The van der Waals surface area contributed by atoms with Gasteiger partial charge in [0.2, 0.25) is 5.91 Å². The predicted molar refractivity (Wildman–Crippen MR) is 109 cm³/mol. The highest BCUT2D eigenvalue weighted by atomic mass is 35.5. The predicted octanol–water partition coefficient (Wildman–Crippen LogP) is 3.33. The number of carbonyl (C=O) groups excluding carboxylic acids is 1. The van der Waals surface area contributed by atoms with E-state index < -0.39 is 0 Å². The average Bonchev–Trinajstić information content (AvgIpc) is 3.21. The number of nitrogens with one attached hydrogen (secondary N) is 1. The van der Waals surface area contributed by atoms with Crippen LogP contribution in [0.4, 0.5) is 0 Å². The smallest absolute Gasteiger partial charge is 0.228 e. The number of nitrogens with zero attached hydrogens (tertiary/aromatic N) is 3. The number of hydrogen-bond acceptors (Lipinski definition) is 5. The summed E-state index contributed by atoms with van der Waals surface area (Å²) >= 11 is 1.57. The molecule has 0 spiro atoms. The van der Waals surface area contributed by atoms with Crippen LogP contribution in [-0.4, -0.2) is 45.9 Å². The first-order valence-electron chi connectivity index (χ1n) is 8.55. The van der Waals surface area contributed by atoms with Crippen LogP contribution in [0.2, 0.25) is 0 Å². The summed E-state index contributed by atoms with van der Waals surface area (Å²) < 4.78 is 0. The number of rotatable bonds is 4. The third kappa shape index (κ3) is 4.55. The SMILES string of the molecule is CN(C(=O)Cc1csc(-c2cccnc2)n1)C1CC2CCC(C1)N2.Cl.Cl. The van der Waals surface area contributed by atoms with Gasteiger partial charge in [0.15, 0.2) is 0 Å². The molecule has 2 fully saturated rings. The zero-order valence-electron chi connectivity index (χ0n) is 14.6. The van der Waals surface area contributed by atoms with Gasteiger partial charge in [0.1, 0.15) is 5.01 Å². The Morgan fingerprint density at radius 1 is 1.31 bits per heavy atom. The van der Waals surface area contributed by atoms with Crippen molar-refractivity contribution in [3.05, 3.63) is 35.6 Å². The molecule has 8 heteroatoms. The van der Waals surface area contributed by atoms with Gasteiger partial charge in [-0.2, -0.15) is 0 Å². The Bertz CT molecular complexity index is 715. The van der Waals surface area contributed by atoms with Crippen molar-refractivity contribution in [2.75, 3.05) is 7.05 Å². The molecule has 26 heavy (non-hydrogen) atoms. The quantitative estimate of drug-likeness (QED) is 0.832. The summed E-state index contributed by atoms with van der Waals surface area (Å²) in [4.78, 5) is 23.3. The lowest BCUT2D eigenvalue weighted by Gasteiger charge is -2.35. The van der Waals surface area contributed by atoms with Crippen molar-refractivity contribution in [3.8, 4) is 10.6 Å². The Morgan fingerprint density at radius 3 is 2.69 bits per heavy atom. The number of fused-ring (bicyclic) bond motifs is 2. The zero-order chi connectivity index (χ0) is 16.5. The summed E-state index contributed by atoms with van der Waals surface area (Å²) in [5.74, 6) is 0.171. The van der Waals surface area contributed by atoms with Gasteiger partial charge in [-0.3, -0.25) is 9.78 Å². The molecule has 2 aliphatic heterocycles. The largest absolute Gasteiger partial charge is 0.342 e. The van der Waals surface area contributed by atoms with Crippen LogP contribution in [0.25, 0.3) is 10.6 Å². The van der Waals surface area contributed by atoms with Crippen LogP contribution < -0.4 is 5.32 Å². The number of likely N-dealkylation sites (N-methyl/N-ethyl adjacent to an activating group) is 1. The third-order valence-corrected chi connectivity index (χ3v) is 6.12. The Labute approximate surface area is 170 Å². The first-order valence-corrected chi connectivity index (χ1v) is 9.43. The second-order valence-electron chi connectivity index (χ2n) is 6.83. The van der Waals surface area contributed by atoms with Crippen molar-refractivity contribution in [3.63, 3.8) is 0 Å². The first-order chi connectivity index (χ1) is 11.7. The number of thiazole rings is 1. The number of carbonyl (C=O) groups is 1. The minimum Gasteiger partial charge on any atom is -0.342 e. The molecule has 4 heterocycles. The van der Waals surface area contributed by atoms with Crippen LogP contribution >= 0.6 is 36.2 Å². The lowest BCUT2D eigenvalue weighted by atomic mass is 9.98. The van der Waals surface area contributed by atoms with E-state index in [0.29, 0.717) is 24.5 Å². The Balaban J connectivity index is 0.00000121. The highest BCUT2D eigenvalue weighted by Gasteiger charge is 2.36. The van der Waals surface area contributed by atoms with Crippen molar-refractivity contribution in [2.45, 2.75) is 50.2 Å². The van der Waals surface area contributed by atoms with Crippen LogP contribution in [0.3, 0.4) is 0 Å². The van der Waals surface area contributed by atoms with E-state index >= 15 is 0 Å². The van der Waals surface area contributed by atoms with Gasteiger partial charge in [-0.1, -0.05) is 0 Å². The molecule has 2 saturated heterocycles. The number of pyridine rings is 1. The molecule has 0 aromatic carbocycles. The molecule has 2 aliphatic rings. The third-order valence-electron chi connectivity index (χ3n) is 5.18. The zero-order valence-corrected chi connectivity index (χ0v) is 17.1. The summed E-state index contributed by atoms with van der Waals surface area (Å²) in [7, 11) is 1.95. The average molecular weight is 415 g/mol. The molecule has 1 N–H and O–H groups in total. The van der Waals surface area contributed by atoms with Crippen LogP contribution in [-0.2, 0) is 11.2 Å². The number of piperidine rings is 1. The minimum atomic E-state index is 0. The number of hydrogen-bond donors (Lipinski definition) is 1. The number of halogens is 2. The fraction of sp³-hybridized carbons (Fsp3) is 0.500. The molecule has 4 rings (SSSR count). The topological polar surface area (TPSA) is 58.1 Å². The molecule has 0 aliphatic carbocycles. The standard InChI is InChI=1S/C18H22N4OS.2ClH/c1-22(16-7-13-4-5-14(8-16)20-13)17(23)9-15-11-24-18(21-15)12-3-2-6-19-10-12;;/h2-3,6,10-11,13-14,16,20H,4-5,7-9H2,1H3;2*1H. The summed E-state index contributed by atoms with van der Waals surface area (Å²) in [6.07, 6.45) is 8.61. The van der Waals surface area contributed by atoms with Crippen molar-refractivity contribution in [2.24, 2.45) is 0 Å².